The van der Waals surface area contributed by atoms with Crippen molar-refractivity contribution in [3.05, 3.63) is 77.4 Å². The topological polar surface area (TPSA) is 41.8 Å². The van der Waals surface area contributed by atoms with Gasteiger partial charge in [0.25, 0.3) is 0 Å². The zero-order chi connectivity index (χ0) is 17.3. The van der Waals surface area contributed by atoms with Crippen LogP contribution in [0.1, 0.15) is 43.2 Å². The van der Waals surface area contributed by atoms with Gasteiger partial charge in [-0.1, -0.05) is 60.7 Å². The van der Waals surface area contributed by atoms with Crippen LogP contribution in [0.25, 0.3) is 5.57 Å². The van der Waals surface area contributed by atoms with Crippen LogP contribution in [0.5, 0.6) is 0 Å². The van der Waals surface area contributed by atoms with Gasteiger partial charge >= 0.3 is 0 Å². The van der Waals surface area contributed by atoms with Crippen LogP contribution < -0.4 is 0 Å². The van der Waals surface area contributed by atoms with E-state index >= 15 is 0 Å². The molecule has 0 N–H and O–H groups in total. The van der Waals surface area contributed by atoms with Gasteiger partial charge in [0.05, 0.1) is 6.54 Å². The Bertz CT molecular complexity index is 839. The van der Waals surface area contributed by atoms with E-state index in [1.165, 1.54) is 5.56 Å². The van der Waals surface area contributed by atoms with Gasteiger partial charge in [-0.2, -0.15) is 10.2 Å². The molecule has 1 heterocycles. The second-order valence-electron chi connectivity index (χ2n) is 6.96. The van der Waals surface area contributed by atoms with Gasteiger partial charge < -0.3 is 0 Å². The van der Waals surface area contributed by atoms with Gasteiger partial charge in [0.15, 0.2) is 11.3 Å². The van der Waals surface area contributed by atoms with Crippen LogP contribution in [0.15, 0.2) is 76.5 Å². The van der Waals surface area contributed by atoms with E-state index in [1.54, 1.807) is 0 Å². The Morgan fingerprint density at radius 1 is 1.04 bits per heavy atom. The van der Waals surface area contributed by atoms with E-state index in [2.05, 4.69) is 41.4 Å². The molecule has 3 heteroatoms. The van der Waals surface area contributed by atoms with Crippen molar-refractivity contribution in [2.75, 3.05) is 6.54 Å². The summed E-state index contributed by atoms with van der Waals surface area (Å²) in [4.78, 5) is 13.5. The summed E-state index contributed by atoms with van der Waals surface area (Å²) in [6.45, 7) is 2.67. The monoisotopic (exact) mass is 330 g/mol. The highest BCUT2D eigenvalue weighted by Crippen LogP contribution is 2.47. The molecule has 2 aliphatic rings. The lowest BCUT2D eigenvalue weighted by atomic mass is 9.68. The summed E-state index contributed by atoms with van der Waals surface area (Å²) in [6.07, 6.45) is 2.60. The number of carbonyl (C=O) groups is 1. The van der Waals surface area contributed by atoms with E-state index in [-0.39, 0.29) is 11.7 Å². The number of allylic oxidation sites excluding steroid dienone is 1. The van der Waals surface area contributed by atoms with E-state index in [0.717, 1.165) is 36.0 Å². The molecule has 2 aromatic rings. The van der Waals surface area contributed by atoms with Crippen LogP contribution >= 0.6 is 0 Å². The third-order valence-corrected chi connectivity index (χ3v) is 5.60. The lowest BCUT2D eigenvalue weighted by Crippen LogP contribution is -2.44. The third kappa shape index (κ3) is 2.64. The Morgan fingerprint density at radius 3 is 2.44 bits per heavy atom. The summed E-state index contributed by atoms with van der Waals surface area (Å²) in [5.74, 6) is 0.232. The number of hydrogen-bond acceptors (Lipinski definition) is 3. The maximum Gasteiger partial charge on any atom is 0.189 e. The molecule has 3 nitrogen and oxygen atoms in total. The first-order chi connectivity index (χ1) is 12.2. The van der Waals surface area contributed by atoms with Crippen molar-refractivity contribution in [3.63, 3.8) is 0 Å². The predicted molar refractivity (Wildman–Crippen MR) is 99.5 cm³/mol. The fraction of sp³-hybridized carbons (Fsp3) is 0.318. The average molecular weight is 330 g/mol. The van der Waals surface area contributed by atoms with E-state index in [1.807, 2.05) is 36.4 Å². The first-order valence-electron chi connectivity index (χ1n) is 8.96. The van der Waals surface area contributed by atoms with Gasteiger partial charge in [0.2, 0.25) is 0 Å². The van der Waals surface area contributed by atoms with E-state index in [0.29, 0.717) is 6.54 Å². The fourth-order valence-corrected chi connectivity index (χ4v) is 4.21. The van der Waals surface area contributed by atoms with Crippen LogP contribution in [0.3, 0.4) is 0 Å². The molecule has 4 rings (SSSR count). The molecule has 0 amide bonds. The highest BCUT2D eigenvalue weighted by atomic mass is 16.1. The van der Waals surface area contributed by atoms with E-state index < -0.39 is 5.54 Å². The number of carbonyl (C=O) groups excluding carboxylic acids is 1. The molecular formula is C22H22N2O. The van der Waals surface area contributed by atoms with Crippen molar-refractivity contribution in [1.29, 1.82) is 0 Å². The minimum Gasteiger partial charge on any atom is -0.292 e. The number of Topliss-reactive ketones (excluding diaryl/α,β-unsaturated/α-hetero) is 1. The van der Waals surface area contributed by atoms with Crippen LogP contribution in [-0.4, -0.2) is 17.9 Å². The Kier molecular flexibility index (Phi) is 4.08. The Labute approximate surface area is 148 Å². The summed E-state index contributed by atoms with van der Waals surface area (Å²) < 4.78 is 0. The number of azo groups is 1. The molecule has 2 unspecified atom stereocenters. The quantitative estimate of drug-likeness (QED) is 0.698. The second-order valence-corrected chi connectivity index (χ2v) is 6.96. The fourth-order valence-electron chi connectivity index (χ4n) is 4.21. The molecule has 2 aromatic carbocycles. The summed E-state index contributed by atoms with van der Waals surface area (Å²) in [7, 11) is 0. The molecule has 1 spiro atoms. The Morgan fingerprint density at radius 2 is 1.72 bits per heavy atom. The summed E-state index contributed by atoms with van der Waals surface area (Å²) in [6, 6.07) is 20.4. The Balaban J connectivity index is 1.76. The molecule has 1 fully saturated rings. The largest absolute Gasteiger partial charge is 0.292 e. The molecule has 1 aliphatic carbocycles. The van der Waals surface area contributed by atoms with Crippen molar-refractivity contribution >= 4 is 11.4 Å². The van der Waals surface area contributed by atoms with Crippen molar-refractivity contribution in [1.82, 2.24) is 0 Å². The number of hydrogen-bond donors (Lipinski definition) is 0. The smallest absolute Gasteiger partial charge is 0.189 e. The van der Waals surface area contributed by atoms with Crippen molar-refractivity contribution in [3.8, 4) is 0 Å². The van der Waals surface area contributed by atoms with Gasteiger partial charge in [-0.05, 0) is 42.9 Å². The summed E-state index contributed by atoms with van der Waals surface area (Å²) >= 11 is 0. The van der Waals surface area contributed by atoms with Gasteiger partial charge in [-0.25, -0.2) is 0 Å². The predicted octanol–water partition coefficient (Wildman–Crippen LogP) is 5.20. The molecule has 0 radical (unpaired) electrons. The maximum absolute atomic E-state index is 13.5. The molecule has 0 bridgehead atoms. The Hall–Kier alpha value is -2.55. The van der Waals surface area contributed by atoms with Crippen LogP contribution in [0, 0.1) is 0 Å². The van der Waals surface area contributed by atoms with Crippen molar-refractivity contribution in [2.24, 2.45) is 10.2 Å². The first kappa shape index (κ1) is 15.9. The zero-order valence-electron chi connectivity index (χ0n) is 14.5. The van der Waals surface area contributed by atoms with E-state index in [9.17, 15) is 4.79 Å². The number of ketones is 1. The molecule has 1 saturated carbocycles. The van der Waals surface area contributed by atoms with Crippen molar-refractivity contribution in [2.45, 2.75) is 37.6 Å². The minimum absolute atomic E-state index is 0.0556. The highest BCUT2D eigenvalue weighted by Gasteiger charge is 2.52. The van der Waals surface area contributed by atoms with Crippen LogP contribution in [0.4, 0.5) is 0 Å². The molecule has 126 valence electrons. The molecule has 0 saturated heterocycles. The first-order valence-corrected chi connectivity index (χ1v) is 8.96. The SMILES string of the molecule is CC(=C1CCCC2(N=NCC2c2ccccc2)C1=O)c1ccccc1. The van der Waals surface area contributed by atoms with Crippen LogP contribution in [0.2, 0.25) is 0 Å². The van der Waals surface area contributed by atoms with Crippen LogP contribution in [-0.2, 0) is 4.79 Å². The average Bonchev–Trinajstić information content (AvgIpc) is 3.09. The van der Waals surface area contributed by atoms with E-state index in [4.69, 9.17) is 0 Å². The lowest BCUT2D eigenvalue weighted by Gasteiger charge is -2.35. The van der Waals surface area contributed by atoms with Gasteiger partial charge in [0.1, 0.15) is 0 Å². The standard InChI is InChI=1S/C22H22N2O/c1-16(17-9-4-2-5-10-17)19-13-8-14-22(21(19)25)20(15-23-24-22)18-11-6-3-7-12-18/h2-7,9-12,20H,8,13-15H2,1H3. The highest BCUT2D eigenvalue weighted by molar-refractivity contribution is 6.09. The molecule has 2 atom stereocenters. The molecule has 0 aromatic heterocycles. The molecule has 1 aliphatic heterocycles. The third-order valence-electron chi connectivity index (χ3n) is 5.60. The molecular weight excluding hydrogens is 308 g/mol. The summed E-state index contributed by atoms with van der Waals surface area (Å²) in [5, 5.41) is 8.85. The van der Waals surface area contributed by atoms with Gasteiger partial charge in [0, 0.05) is 11.5 Å². The van der Waals surface area contributed by atoms with Gasteiger partial charge in [-0.3, -0.25) is 4.79 Å². The van der Waals surface area contributed by atoms with Gasteiger partial charge in [-0.15, -0.1) is 0 Å². The zero-order valence-corrected chi connectivity index (χ0v) is 14.5. The summed E-state index contributed by atoms with van der Waals surface area (Å²) in [5.41, 5.74) is 3.59. The number of nitrogens with zero attached hydrogens (tertiary/aromatic N) is 2. The molecule has 25 heavy (non-hydrogen) atoms. The second kappa shape index (κ2) is 6.40. The number of benzene rings is 2. The minimum atomic E-state index is -0.703. The number of rotatable bonds is 2. The normalized spacial score (nSPS) is 27.7. The lowest BCUT2D eigenvalue weighted by molar-refractivity contribution is -0.122. The van der Waals surface area contributed by atoms with Crippen molar-refractivity contribution < 1.29 is 4.79 Å². The maximum atomic E-state index is 13.5.